The van der Waals surface area contributed by atoms with Crippen molar-refractivity contribution in [3.05, 3.63) is 0 Å². The Morgan fingerprint density at radius 2 is 2.25 bits per heavy atom. The summed E-state index contributed by atoms with van der Waals surface area (Å²) in [5, 5.41) is 5.19. The monoisotopic (exact) mass is 293 g/mol. The van der Waals surface area contributed by atoms with Crippen molar-refractivity contribution in [2.75, 3.05) is 39.3 Å². The van der Waals surface area contributed by atoms with E-state index in [2.05, 4.69) is 22.5 Å². The largest absolute Gasteiger partial charge is 0.404 e. The van der Waals surface area contributed by atoms with Gasteiger partial charge in [-0.3, -0.25) is 4.79 Å². The molecule has 0 aliphatic carbocycles. The third-order valence-electron chi connectivity index (χ3n) is 4.50. The summed E-state index contributed by atoms with van der Waals surface area (Å²) < 4.78 is 39.5. The molecule has 0 spiro atoms. The number of amides is 1. The van der Waals surface area contributed by atoms with E-state index in [1.165, 1.54) is 0 Å². The van der Waals surface area contributed by atoms with Gasteiger partial charge in [0.2, 0.25) is 5.91 Å². The van der Waals surface area contributed by atoms with Gasteiger partial charge in [0.15, 0.2) is 5.41 Å². The molecule has 2 unspecified atom stereocenters. The molecule has 2 heterocycles. The number of nitrogens with zero attached hydrogens (tertiary/aromatic N) is 1. The Kier molecular flexibility index (Phi) is 4.59. The van der Waals surface area contributed by atoms with Crippen molar-refractivity contribution in [3.8, 4) is 0 Å². The molecule has 2 aliphatic heterocycles. The van der Waals surface area contributed by atoms with Gasteiger partial charge in [0.1, 0.15) is 0 Å². The van der Waals surface area contributed by atoms with Gasteiger partial charge in [-0.2, -0.15) is 13.2 Å². The lowest BCUT2D eigenvalue weighted by molar-refractivity contribution is -0.216. The first-order valence-electron chi connectivity index (χ1n) is 7.17. The van der Waals surface area contributed by atoms with Crippen molar-refractivity contribution in [2.45, 2.75) is 25.9 Å². The van der Waals surface area contributed by atoms with Crippen molar-refractivity contribution in [1.82, 2.24) is 15.5 Å². The van der Waals surface area contributed by atoms with Crippen LogP contribution in [0.5, 0.6) is 0 Å². The van der Waals surface area contributed by atoms with E-state index in [9.17, 15) is 18.0 Å². The van der Waals surface area contributed by atoms with Crippen LogP contribution in [0.2, 0.25) is 0 Å². The number of hydrogen-bond acceptors (Lipinski definition) is 3. The predicted molar refractivity (Wildman–Crippen MR) is 69.2 cm³/mol. The summed E-state index contributed by atoms with van der Waals surface area (Å²) in [6.07, 6.45) is -3.73. The van der Waals surface area contributed by atoms with Crippen LogP contribution in [0.1, 0.15) is 19.8 Å². The summed E-state index contributed by atoms with van der Waals surface area (Å²) >= 11 is 0. The van der Waals surface area contributed by atoms with E-state index < -0.39 is 17.5 Å². The van der Waals surface area contributed by atoms with Gasteiger partial charge in [0.25, 0.3) is 0 Å². The molecule has 2 saturated heterocycles. The summed E-state index contributed by atoms with van der Waals surface area (Å²) in [6, 6.07) is 0. The molecule has 20 heavy (non-hydrogen) atoms. The second-order valence-electron chi connectivity index (χ2n) is 5.76. The molecule has 7 heteroatoms. The zero-order valence-electron chi connectivity index (χ0n) is 11.7. The molecule has 0 aromatic rings. The number of hydrogen-bond donors (Lipinski definition) is 2. The van der Waals surface area contributed by atoms with Crippen molar-refractivity contribution in [1.29, 1.82) is 0 Å². The second-order valence-corrected chi connectivity index (χ2v) is 5.76. The fourth-order valence-electron chi connectivity index (χ4n) is 3.03. The Bertz CT molecular complexity index is 353. The molecule has 2 atom stereocenters. The van der Waals surface area contributed by atoms with Gasteiger partial charge in [0.05, 0.1) is 0 Å². The smallest absolute Gasteiger partial charge is 0.355 e. The average Bonchev–Trinajstić information content (AvgIpc) is 3.04. The Hall–Kier alpha value is -0.820. The first kappa shape index (κ1) is 15.6. The van der Waals surface area contributed by atoms with Crippen LogP contribution in [0.15, 0.2) is 0 Å². The number of alkyl halides is 3. The number of rotatable bonds is 4. The van der Waals surface area contributed by atoms with Crippen LogP contribution >= 0.6 is 0 Å². The Morgan fingerprint density at radius 3 is 2.75 bits per heavy atom. The molecule has 2 N–H and O–H groups in total. The summed E-state index contributed by atoms with van der Waals surface area (Å²) in [5.41, 5.74) is -2.24. The third kappa shape index (κ3) is 2.93. The molecular weight excluding hydrogens is 271 g/mol. The molecule has 2 aliphatic rings. The van der Waals surface area contributed by atoms with Gasteiger partial charge in [-0.15, -0.1) is 0 Å². The van der Waals surface area contributed by atoms with Gasteiger partial charge in [-0.05, 0) is 38.4 Å². The minimum Gasteiger partial charge on any atom is -0.355 e. The molecule has 4 nitrogen and oxygen atoms in total. The molecule has 2 fully saturated rings. The number of nitrogens with one attached hydrogen (secondary N) is 2. The number of carbonyl (C=O) groups excluding carboxylic acids is 1. The zero-order chi connectivity index (χ0) is 14.8. The average molecular weight is 293 g/mol. The van der Waals surface area contributed by atoms with E-state index in [0.717, 1.165) is 26.1 Å². The normalized spacial score (nSPS) is 31.7. The molecule has 2 rings (SSSR count). The lowest BCUT2D eigenvalue weighted by Crippen LogP contribution is -2.53. The highest BCUT2D eigenvalue weighted by atomic mass is 19.4. The van der Waals surface area contributed by atoms with Crippen molar-refractivity contribution in [3.63, 3.8) is 0 Å². The fraction of sp³-hybridized carbons (Fsp3) is 0.923. The molecule has 0 aromatic heterocycles. The Labute approximate surface area is 117 Å². The van der Waals surface area contributed by atoms with Crippen molar-refractivity contribution < 1.29 is 18.0 Å². The van der Waals surface area contributed by atoms with Crippen LogP contribution in [-0.4, -0.2) is 56.3 Å². The van der Waals surface area contributed by atoms with E-state index in [-0.39, 0.29) is 25.4 Å². The van der Waals surface area contributed by atoms with Gasteiger partial charge in [0, 0.05) is 19.6 Å². The predicted octanol–water partition coefficient (Wildman–Crippen LogP) is 0.986. The minimum atomic E-state index is -4.49. The second kappa shape index (κ2) is 5.89. The molecule has 0 bridgehead atoms. The van der Waals surface area contributed by atoms with E-state index >= 15 is 0 Å². The molecule has 116 valence electrons. The first-order chi connectivity index (χ1) is 9.39. The topological polar surface area (TPSA) is 44.4 Å². The minimum absolute atomic E-state index is 0.173. The summed E-state index contributed by atoms with van der Waals surface area (Å²) in [7, 11) is 0. The standard InChI is InChI=1S/C13H22F3N3O/c1-2-19-6-3-10(8-19)7-18-11(20)12(13(14,15)16)4-5-17-9-12/h10,17H,2-9H2,1H3,(H,18,20). The Morgan fingerprint density at radius 1 is 1.50 bits per heavy atom. The molecule has 0 aromatic carbocycles. The van der Waals surface area contributed by atoms with Crippen LogP contribution in [-0.2, 0) is 4.79 Å². The highest BCUT2D eigenvalue weighted by molar-refractivity contribution is 5.84. The van der Waals surface area contributed by atoms with E-state index in [1.54, 1.807) is 0 Å². The number of halogens is 3. The maximum absolute atomic E-state index is 13.2. The fourth-order valence-corrected chi connectivity index (χ4v) is 3.03. The van der Waals surface area contributed by atoms with E-state index in [0.29, 0.717) is 6.54 Å². The molecule has 1 amide bonds. The highest BCUT2D eigenvalue weighted by Crippen LogP contribution is 2.43. The van der Waals surface area contributed by atoms with Gasteiger partial charge >= 0.3 is 6.18 Å². The van der Waals surface area contributed by atoms with Gasteiger partial charge < -0.3 is 15.5 Å². The maximum Gasteiger partial charge on any atom is 0.404 e. The molecular formula is C13H22F3N3O. The van der Waals surface area contributed by atoms with Crippen LogP contribution in [0.3, 0.4) is 0 Å². The molecule has 0 radical (unpaired) electrons. The third-order valence-corrected chi connectivity index (χ3v) is 4.50. The maximum atomic E-state index is 13.2. The first-order valence-corrected chi connectivity index (χ1v) is 7.17. The lowest BCUT2D eigenvalue weighted by atomic mass is 9.85. The number of carbonyl (C=O) groups is 1. The molecule has 0 saturated carbocycles. The van der Waals surface area contributed by atoms with Gasteiger partial charge in [-0.1, -0.05) is 6.92 Å². The van der Waals surface area contributed by atoms with Crippen LogP contribution < -0.4 is 10.6 Å². The zero-order valence-corrected chi connectivity index (χ0v) is 11.7. The van der Waals surface area contributed by atoms with Crippen molar-refractivity contribution in [2.24, 2.45) is 11.3 Å². The van der Waals surface area contributed by atoms with Crippen LogP contribution in [0.25, 0.3) is 0 Å². The van der Waals surface area contributed by atoms with E-state index in [1.807, 2.05) is 0 Å². The summed E-state index contributed by atoms with van der Waals surface area (Å²) in [5.74, 6) is -0.608. The van der Waals surface area contributed by atoms with E-state index in [4.69, 9.17) is 0 Å². The summed E-state index contributed by atoms with van der Waals surface area (Å²) in [4.78, 5) is 14.3. The van der Waals surface area contributed by atoms with Crippen LogP contribution in [0, 0.1) is 11.3 Å². The van der Waals surface area contributed by atoms with Gasteiger partial charge in [-0.25, -0.2) is 0 Å². The quantitative estimate of drug-likeness (QED) is 0.812. The lowest BCUT2D eigenvalue weighted by Gasteiger charge is -2.29. The SMILES string of the molecule is CCN1CCC(CNC(=O)C2(C(F)(F)F)CCNC2)C1. The summed E-state index contributed by atoms with van der Waals surface area (Å²) in [6.45, 7) is 5.09. The Balaban J connectivity index is 1.90. The van der Waals surface area contributed by atoms with Crippen molar-refractivity contribution >= 4 is 5.91 Å². The number of likely N-dealkylation sites (tertiary alicyclic amines) is 1. The highest BCUT2D eigenvalue weighted by Gasteiger charge is 2.61. The van der Waals surface area contributed by atoms with Crippen LogP contribution in [0.4, 0.5) is 13.2 Å².